The molecule has 0 unspecified atom stereocenters. The third-order valence-electron chi connectivity index (χ3n) is 25.2. The van der Waals surface area contributed by atoms with Gasteiger partial charge in [-0.25, -0.2) is 9.97 Å². The van der Waals surface area contributed by atoms with E-state index < -0.39 is 10.8 Å². The molecule has 0 N–H and O–H groups in total. The minimum atomic E-state index is -0.654. The first-order chi connectivity index (χ1) is 56.5. The van der Waals surface area contributed by atoms with Gasteiger partial charge >= 0.3 is 0 Å². The number of nitrogens with zero attached hydrogens (tertiary/aromatic N) is 4. The van der Waals surface area contributed by atoms with Gasteiger partial charge in [0, 0.05) is 45.1 Å². The fourth-order valence-corrected chi connectivity index (χ4v) is 20.3. The van der Waals surface area contributed by atoms with E-state index >= 15 is 0 Å². The number of fused-ring (bicyclic) bond motifs is 24. The molecule has 22 aromatic rings. The van der Waals surface area contributed by atoms with Crippen molar-refractivity contribution in [2.24, 2.45) is 0 Å². The van der Waals surface area contributed by atoms with Gasteiger partial charge < -0.3 is 0 Å². The van der Waals surface area contributed by atoms with Crippen LogP contribution in [0.15, 0.2) is 401 Å². The standard InChI is InChI=1S/C110H66N4/c1-5-23-76(24-6-1)109(77-25-7-2-8-26-77)98-55-47-70(61-97(98)90-53-45-73(65-100(90)109)102-56-48-68-41-40-67-22-20-58-111-105(67)106(68)113-102)69-42-50-88-89-52-44-72(63-96(89)86-36-18-17-35-85(86)94(88)60-69)93-64-75-49-57-103(114-107(75)108-91(93)38-21-59-112-108)74-46-54-92-101(66-74)110(78-27-9-3-10-28-78,79-29-11-4-12-30-79)99-39-19-37-80(104(92)99)71-43-51-87-83-33-14-13-31-81(83)82-32-15-16-34-84(82)95(87)62-71/h1-66H. The monoisotopic (exact) mass is 1440 g/mol. The Morgan fingerprint density at radius 3 is 1.13 bits per heavy atom. The van der Waals surface area contributed by atoms with E-state index in [2.05, 4.69) is 382 Å². The Kier molecular flexibility index (Phi) is 13.9. The van der Waals surface area contributed by atoms with Gasteiger partial charge in [0.25, 0.3) is 0 Å². The molecule has 526 valence electrons. The van der Waals surface area contributed by atoms with E-state index in [1.165, 1.54) is 148 Å². The molecule has 2 aliphatic carbocycles. The van der Waals surface area contributed by atoms with Gasteiger partial charge in [-0.1, -0.05) is 322 Å². The van der Waals surface area contributed by atoms with Crippen LogP contribution in [0.5, 0.6) is 0 Å². The van der Waals surface area contributed by atoms with Gasteiger partial charge in [0.05, 0.1) is 44.3 Å². The molecule has 18 aromatic carbocycles. The predicted molar refractivity (Wildman–Crippen MR) is 474 cm³/mol. The highest BCUT2D eigenvalue weighted by molar-refractivity contribution is 6.28. The van der Waals surface area contributed by atoms with Crippen LogP contribution in [0.2, 0.25) is 0 Å². The molecular formula is C110H66N4. The largest absolute Gasteiger partial charge is 0.254 e. The molecule has 114 heavy (non-hydrogen) atoms. The Labute approximate surface area is 657 Å². The van der Waals surface area contributed by atoms with Gasteiger partial charge in [0.2, 0.25) is 0 Å². The lowest BCUT2D eigenvalue weighted by Crippen LogP contribution is -2.28. The SMILES string of the molecule is c1ccc(C2(c3ccccc3)c3ccc(-c4ccc5c6ccc(-c7cc8ccc(-c9ccc%10c(c9)C(c9ccccc9)(c9ccccc9)c9cccc(-c%11ccc%12c%13ccccc%13c%13ccccc%13c%12c%11)c9-%10)nc8c8ncccc78)cc6c6ccccc6c5c4)cc3-c3ccc(-c4ccc5ccc6cccnc6c5n4)cc32)cc1. The molecule has 4 heteroatoms. The van der Waals surface area contributed by atoms with E-state index in [1.54, 1.807) is 0 Å². The molecule has 0 bridgehead atoms. The van der Waals surface area contributed by atoms with Gasteiger partial charge in [0.15, 0.2) is 0 Å². The van der Waals surface area contributed by atoms with Gasteiger partial charge in [-0.15, -0.1) is 0 Å². The zero-order valence-corrected chi connectivity index (χ0v) is 61.9. The summed E-state index contributed by atoms with van der Waals surface area (Å²) in [7, 11) is 0. The number of rotatable bonds is 9. The minimum absolute atomic E-state index is 0.610. The van der Waals surface area contributed by atoms with Crippen LogP contribution >= 0.6 is 0 Å². The van der Waals surface area contributed by atoms with E-state index in [0.717, 1.165) is 82.8 Å². The highest BCUT2D eigenvalue weighted by atomic mass is 14.8. The average molecular weight is 1440 g/mol. The highest BCUT2D eigenvalue weighted by Gasteiger charge is 2.49. The summed E-state index contributed by atoms with van der Waals surface area (Å²) >= 11 is 0. The van der Waals surface area contributed by atoms with E-state index in [-0.39, 0.29) is 0 Å². The number of aromatic nitrogens is 4. The molecule has 0 aliphatic heterocycles. The molecule has 0 spiro atoms. The maximum absolute atomic E-state index is 5.69. The first-order valence-electron chi connectivity index (χ1n) is 39.4. The van der Waals surface area contributed by atoms with Crippen molar-refractivity contribution in [2.75, 3.05) is 0 Å². The first-order valence-corrected chi connectivity index (χ1v) is 39.4. The Bertz CT molecular complexity index is 7710. The molecule has 24 rings (SSSR count). The van der Waals surface area contributed by atoms with Crippen LogP contribution in [-0.2, 0) is 10.8 Å². The Hall–Kier alpha value is -14.8. The van der Waals surface area contributed by atoms with Crippen molar-refractivity contribution < 1.29 is 0 Å². The molecule has 4 aromatic heterocycles. The second kappa shape index (κ2) is 24.8. The van der Waals surface area contributed by atoms with Crippen molar-refractivity contribution in [3.63, 3.8) is 0 Å². The summed E-state index contributed by atoms with van der Waals surface area (Å²) in [6.45, 7) is 0. The second-order valence-corrected chi connectivity index (χ2v) is 30.9. The zero-order chi connectivity index (χ0) is 74.7. The summed E-state index contributed by atoms with van der Waals surface area (Å²) in [6, 6.07) is 145. The summed E-state index contributed by atoms with van der Waals surface area (Å²) in [4.78, 5) is 21.1. The number of pyridine rings is 4. The molecule has 0 radical (unpaired) electrons. The van der Waals surface area contributed by atoms with E-state index in [0.29, 0.717) is 0 Å². The second-order valence-electron chi connectivity index (χ2n) is 30.9. The van der Waals surface area contributed by atoms with Crippen molar-refractivity contribution in [1.82, 2.24) is 19.9 Å². The molecule has 0 fully saturated rings. The van der Waals surface area contributed by atoms with Crippen molar-refractivity contribution in [2.45, 2.75) is 10.8 Å². The predicted octanol–water partition coefficient (Wildman–Crippen LogP) is 27.9. The van der Waals surface area contributed by atoms with Gasteiger partial charge in [-0.3, -0.25) is 9.97 Å². The van der Waals surface area contributed by atoms with Crippen molar-refractivity contribution in [3.05, 3.63) is 445 Å². The fourth-order valence-electron chi connectivity index (χ4n) is 20.3. The smallest absolute Gasteiger partial charge is 0.0972 e. The van der Waals surface area contributed by atoms with E-state index in [4.69, 9.17) is 19.9 Å². The molecule has 2 aliphatic rings. The van der Waals surface area contributed by atoms with Crippen LogP contribution in [0.1, 0.15) is 44.5 Å². The van der Waals surface area contributed by atoms with Crippen molar-refractivity contribution in [1.29, 1.82) is 0 Å². The number of hydrogen-bond donors (Lipinski definition) is 0. The van der Waals surface area contributed by atoms with Crippen LogP contribution < -0.4 is 0 Å². The maximum Gasteiger partial charge on any atom is 0.0972 e. The van der Waals surface area contributed by atoms with Crippen LogP contribution in [0.3, 0.4) is 0 Å². The zero-order valence-electron chi connectivity index (χ0n) is 61.9. The summed E-state index contributed by atoms with van der Waals surface area (Å²) < 4.78 is 0. The molecular weight excluding hydrogens is 1380 g/mol. The first kappa shape index (κ1) is 64.0. The topological polar surface area (TPSA) is 51.6 Å². The molecule has 0 saturated heterocycles. The van der Waals surface area contributed by atoms with E-state index in [1.807, 2.05) is 18.5 Å². The maximum atomic E-state index is 5.69. The van der Waals surface area contributed by atoms with E-state index in [9.17, 15) is 0 Å². The Morgan fingerprint density at radius 1 is 0.175 bits per heavy atom. The van der Waals surface area contributed by atoms with Crippen LogP contribution in [0.25, 0.3) is 186 Å². The summed E-state index contributed by atoms with van der Waals surface area (Å²) in [6.07, 6.45) is 3.77. The number of hydrogen-bond acceptors (Lipinski definition) is 4. The molecule has 0 saturated carbocycles. The molecule has 0 amide bonds. The fraction of sp³-hybridized carbons (Fsp3) is 0.0182. The summed E-state index contributed by atoms with van der Waals surface area (Å²) in [5, 5.41) is 19.1. The van der Waals surface area contributed by atoms with Gasteiger partial charge in [-0.05, 0) is 232 Å². The third kappa shape index (κ3) is 9.28. The quantitative estimate of drug-likeness (QED) is 0.135. The lowest BCUT2D eigenvalue weighted by Gasteiger charge is -2.34. The van der Waals surface area contributed by atoms with Crippen molar-refractivity contribution in [3.8, 4) is 78.1 Å². The van der Waals surface area contributed by atoms with Crippen LogP contribution in [0.4, 0.5) is 0 Å². The summed E-state index contributed by atoms with van der Waals surface area (Å²) in [5.41, 5.74) is 27.9. The number of benzene rings is 18. The van der Waals surface area contributed by atoms with Crippen molar-refractivity contribution >= 4 is 108 Å². The molecule has 4 heterocycles. The molecule has 4 nitrogen and oxygen atoms in total. The Morgan fingerprint density at radius 2 is 0.570 bits per heavy atom. The molecule has 0 atom stereocenters. The van der Waals surface area contributed by atoms with Crippen LogP contribution in [-0.4, -0.2) is 19.9 Å². The van der Waals surface area contributed by atoms with Crippen LogP contribution in [0, 0.1) is 0 Å². The Balaban J connectivity index is 0.616. The highest BCUT2D eigenvalue weighted by Crippen LogP contribution is 2.61. The third-order valence-corrected chi connectivity index (χ3v) is 25.2. The van der Waals surface area contributed by atoms with Gasteiger partial charge in [0.1, 0.15) is 0 Å². The minimum Gasteiger partial charge on any atom is -0.254 e. The van der Waals surface area contributed by atoms with Gasteiger partial charge in [-0.2, -0.15) is 0 Å². The lowest BCUT2D eigenvalue weighted by molar-refractivity contribution is 0.769. The lowest BCUT2D eigenvalue weighted by atomic mass is 9.67. The summed E-state index contributed by atoms with van der Waals surface area (Å²) in [5.74, 6) is 0. The normalized spacial score (nSPS) is 13.2. The average Bonchev–Trinajstić information content (AvgIpc) is 1.53.